The fourth-order valence-corrected chi connectivity index (χ4v) is 2.26. The van der Waals surface area contributed by atoms with Gasteiger partial charge in [-0.15, -0.1) is 0 Å². The summed E-state index contributed by atoms with van der Waals surface area (Å²) in [7, 11) is 0. The number of aryl methyl sites for hydroxylation is 1. The minimum Gasteiger partial charge on any atom is -0.359 e. The van der Waals surface area contributed by atoms with E-state index in [2.05, 4.69) is 21.5 Å². The Morgan fingerprint density at radius 2 is 2.00 bits per heavy atom. The number of aromatic nitrogens is 1. The first kappa shape index (κ1) is 11.5. The predicted molar refractivity (Wildman–Crippen MR) is 63.3 cm³/mol. The molecule has 1 fully saturated rings. The van der Waals surface area contributed by atoms with E-state index in [9.17, 15) is 0 Å². The molecule has 0 radical (unpaired) electrons. The molecule has 0 saturated carbocycles. The van der Waals surface area contributed by atoms with Crippen molar-refractivity contribution >= 4 is 16.5 Å². The Balaban J connectivity index is 0.000000461. The van der Waals surface area contributed by atoms with E-state index < -0.39 is 0 Å². The molecule has 0 amide bonds. The maximum atomic E-state index is 4.18. The van der Waals surface area contributed by atoms with Crippen molar-refractivity contribution in [3.63, 3.8) is 0 Å². The summed E-state index contributed by atoms with van der Waals surface area (Å²) in [6, 6.07) is 0. The van der Waals surface area contributed by atoms with Crippen molar-refractivity contribution < 1.29 is 0 Å². The molecule has 1 saturated heterocycles. The predicted octanol–water partition coefficient (Wildman–Crippen LogP) is 1.89. The fourth-order valence-electron chi connectivity index (χ4n) is 1.46. The monoisotopic (exact) mass is 213 g/mol. The van der Waals surface area contributed by atoms with Crippen LogP contribution in [-0.2, 0) is 0 Å². The second-order valence-corrected chi connectivity index (χ2v) is 3.83. The van der Waals surface area contributed by atoms with E-state index in [0.717, 1.165) is 26.2 Å². The van der Waals surface area contributed by atoms with E-state index in [-0.39, 0.29) is 0 Å². The lowest BCUT2D eigenvalue weighted by Crippen LogP contribution is -2.43. The number of hydrogen-bond acceptors (Lipinski definition) is 4. The lowest BCUT2D eigenvalue weighted by atomic mass is 10.3. The zero-order chi connectivity index (χ0) is 10.4. The first-order valence-corrected chi connectivity index (χ1v) is 6.02. The van der Waals surface area contributed by atoms with Gasteiger partial charge in [-0.3, -0.25) is 0 Å². The third kappa shape index (κ3) is 2.69. The zero-order valence-electron chi connectivity index (χ0n) is 9.21. The van der Waals surface area contributed by atoms with Crippen molar-refractivity contribution in [2.45, 2.75) is 20.8 Å². The molecule has 1 aliphatic heterocycles. The number of hydrogen-bond donors (Lipinski definition) is 1. The number of nitrogens with zero attached hydrogens (tertiary/aromatic N) is 2. The summed E-state index contributed by atoms with van der Waals surface area (Å²) >= 11 is 1.60. The highest BCUT2D eigenvalue weighted by molar-refractivity contribution is 7.10. The fraction of sp³-hybridized carbons (Fsp3) is 0.700. The second kappa shape index (κ2) is 5.98. The molecule has 80 valence electrons. The summed E-state index contributed by atoms with van der Waals surface area (Å²) in [6.45, 7) is 10.5. The Kier molecular flexibility index (Phi) is 4.90. The molecule has 2 rings (SSSR count). The van der Waals surface area contributed by atoms with Crippen molar-refractivity contribution in [3.05, 3.63) is 11.8 Å². The zero-order valence-corrected chi connectivity index (χ0v) is 10.0. The summed E-state index contributed by atoms with van der Waals surface area (Å²) in [4.78, 5) is 2.41. The van der Waals surface area contributed by atoms with Gasteiger partial charge < -0.3 is 10.2 Å². The third-order valence-corrected chi connectivity index (χ3v) is 3.09. The van der Waals surface area contributed by atoms with Gasteiger partial charge >= 0.3 is 0 Å². The molecule has 0 unspecified atom stereocenters. The van der Waals surface area contributed by atoms with Gasteiger partial charge in [0.25, 0.3) is 0 Å². The second-order valence-electron chi connectivity index (χ2n) is 3.05. The summed E-state index contributed by atoms with van der Waals surface area (Å²) < 4.78 is 4.18. The van der Waals surface area contributed by atoms with Crippen LogP contribution in [-0.4, -0.2) is 30.6 Å². The molecule has 1 aromatic rings. The average molecular weight is 213 g/mol. The van der Waals surface area contributed by atoms with Gasteiger partial charge in [0.2, 0.25) is 0 Å². The number of nitrogens with one attached hydrogen (secondary N) is 1. The van der Waals surface area contributed by atoms with Crippen LogP contribution in [0.2, 0.25) is 0 Å². The number of rotatable bonds is 1. The molecule has 1 aromatic heterocycles. The number of piperazine rings is 1. The van der Waals surface area contributed by atoms with Crippen molar-refractivity contribution in [2.75, 3.05) is 31.1 Å². The highest BCUT2D eigenvalue weighted by Crippen LogP contribution is 2.24. The molecule has 4 heteroatoms. The average Bonchev–Trinajstić information content (AvgIpc) is 2.69. The van der Waals surface area contributed by atoms with Gasteiger partial charge in [0.15, 0.2) is 0 Å². The third-order valence-electron chi connectivity index (χ3n) is 2.13. The normalized spacial score (nSPS) is 16.1. The number of anilines is 1. The highest BCUT2D eigenvalue weighted by atomic mass is 32.1. The Bertz CT molecular complexity index is 254. The van der Waals surface area contributed by atoms with Gasteiger partial charge in [0.05, 0.1) is 0 Å². The van der Waals surface area contributed by atoms with E-state index in [4.69, 9.17) is 0 Å². The minimum absolute atomic E-state index is 1.09. The topological polar surface area (TPSA) is 28.2 Å². The van der Waals surface area contributed by atoms with Gasteiger partial charge in [-0.25, -0.2) is 0 Å². The molecule has 1 N–H and O–H groups in total. The van der Waals surface area contributed by atoms with Crippen LogP contribution in [0.4, 0.5) is 5.00 Å². The molecule has 14 heavy (non-hydrogen) atoms. The molecule has 2 heterocycles. The molecule has 0 aromatic carbocycles. The van der Waals surface area contributed by atoms with Gasteiger partial charge in [-0.05, 0) is 18.5 Å². The Labute approximate surface area is 90.3 Å². The van der Waals surface area contributed by atoms with E-state index in [1.807, 2.05) is 20.0 Å². The Morgan fingerprint density at radius 3 is 2.50 bits per heavy atom. The standard InChI is InChI=1S/C8H13N3S.C2H6/c1-7-6-10-12-8(7)11-4-2-9-3-5-11;1-2/h6,9H,2-5H2,1H3;1-2H3. The lowest BCUT2D eigenvalue weighted by Gasteiger charge is -2.28. The lowest BCUT2D eigenvalue weighted by molar-refractivity contribution is 0.591. The van der Waals surface area contributed by atoms with Crippen molar-refractivity contribution in [1.29, 1.82) is 0 Å². The Morgan fingerprint density at radius 1 is 1.36 bits per heavy atom. The van der Waals surface area contributed by atoms with Gasteiger partial charge in [-0.1, -0.05) is 13.8 Å². The van der Waals surface area contributed by atoms with Crippen LogP contribution in [0.25, 0.3) is 0 Å². The highest BCUT2D eigenvalue weighted by Gasteiger charge is 2.13. The van der Waals surface area contributed by atoms with E-state index in [1.54, 1.807) is 11.5 Å². The van der Waals surface area contributed by atoms with Gasteiger partial charge in [-0.2, -0.15) is 4.37 Å². The van der Waals surface area contributed by atoms with Crippen LogP contribution in [0.5, 0.6) is 0 Å². The summed E-state index contributed by atoms with van der Waals surface area (Å²) in [5.74, 6) is 0. The molecule has 0 bridgehead atoms. The molecule has 0 atom stereocenters. The molecule has 3 nitrogen and oxygen atoms in total. The van der Waals surface area contributed by atoms with E-state index >= 15 is 0 Å². The van der Waals surface area contributed by atoms with Crippen LogP contribution in [0.15, 0.2) is 6.20 Å². The van der Waals surface area contributed by atoms with Crippen LogP contribution in [0.3, 0.4) is 0 Å². The first-order valence-electron chi connectivity index (χ1n) is 5.25. The first-order chi connectivity index (χ1) is 6.88. The van der Waals surface area contributed by atoms with Crippen LogP contribution in [0.1, 0.15) is 19.4 Å². The maximum absolute atomic E-state index is 4.18. The molecule has 0 spiro atoms. The molecular weight excluding hydrogens is 194 g/mol. The van der Waals surface area contributed by atoms with Crippen LogP contribution >= 0.6 is 11.5 Å². The minimum atomic E-state index is 1.09. The molecule has 0 aliphatic carbocycles. The molecule has 1 aliphatic rings. The Hall–Kier alpha value is -0.610. The molecular formula is C10H19N3S. The van der Waals surface area contributed by atoms with Crippen molar-refractivity contribution in [2.24, 2.45) is 0 Å². The van der Waals surface area contributed by atoms with Crippen molar-refractivity contribution in [3.8, 4) is 0 Å². The quantitative estimate of drug-likeness (QED) is 0.772. The SMILES string of the molecule is CC.Cc1cnsc1N1CCNCC1. The van der Waals surface area contributed by atoms with Crippen molar-refractivity contribution in [1.82, 2.24) is 9.69 Å². The van der Waals surface area contributed by atoms with Gasteiger partial charge in [0, 0.05) is 37.9 Å². The largest absolute Gasteiger partial charge is 0.359 e. The summed E-state index contributed by atoms with van der Waals surface area (Å²) in [5.41, 5.74) is 1.31. The summed E-state index contributed by atoms with van der Waals surface area (Å²) in [5, 5.41) is 4.68. The van der Waals surface area contributed by atoms with E-state index in [0.29, 0.717) is 0 Å². The van der Waals surface area contributed by atoms with Crippen LogP contribution < -0.4 is 10.2 Å². The smallest absolute Gasteiger partial charge is 0.115 e. The summed E-state index contributed by atoms with van der Waals surface area (Å²) in [6.07, 6.45) is 1.95. The maximum Gasteiger partial charge on any atom is 0.115 e. The van der Waals surface area contributed by atoms with Gasteiger partial charge in [0.1, 0.15) is 5.00 Å². The van der Waals surface area contributed by atoms with E-state index in [1.165, 1.54) is 10.6 Å². The van der Waals surface area contributed by atoms with Crippen LogP contribution in [0, 0.1) is 6.92 Å².